The van der Waals surface area contributed by atoms with Crippen molar-refractivity contribution in [2.24, 2.45) is 0 Å². The van der Waals surface area contributed by atoms with E-state index in [2.05, 4.69) is 28.5 Å². The Hall–Kier alpha value is -3.34. The number of hydrogen-bond acceptors (Lipinski definition) is 4. The molecule has 1 saturated heterocycles. The fourth-order valence-corrected chi connectivity index (χ4v) is 3.72. The lowest BCUT2D eigenvalue weighted by molar-refractivity contribution is -0.132. The second kappa shape index (κ2) is 9.44. The van der Waals surface area contributed by atoms with E-state index in [1.807, 2.05) is 66.7 Å². The first kappa shape index (κ1) is 20.0. The molecule has 0 bridgehead atoms. The molecule has 0 saturated carbocycles. The molecule has 5 heteroatoms. The second-order valence-corrected chi connectivity index (χ2v) is 7.53. The highest BCUT2D eigenvalue weighted by molar-refractivity contribution is 5.75. The molecule has 1 aliphatic heterocycles. The molecule has 1 N–H and O–H groups in total. The fourth-order valence-electron chi connectivity index (χ4n) is 3.72. The van der Waals surface area contributed by atoms with Crippen molar-refractivity contribution < 1.29 is 9.53 Å². The smallest absolute Gasteiger partial charge is 0.222 e. The van der Waals surface area contributed by atoms with Crippen molar-refractivity contribution in [1.82, 2.24) is 9.88 Å². The molecule has 3 aromatic rings. The minimum atomic E-state index is 0.164. The zero-order valence-electron chi connectivity index (χ0n) is 17.3. The number of rotatable bonds is 6. The number of likely N-dealkylation sites (tertiary alicyclic amines) is 1. The van der Waals surface area contributed by atoms with Crippen molar-refractivity contribution in [3.8, 4) is 16.9 Å². The van der Waals surface area contributed by atoms with E-state index in [4.69, 9.17) is 4.74 Å². The van der Waals surface area contributed by atoms with Gasteiger partial charge in [0.2, 0.25) is 5.91 Å². The molecule has 0 unspecified atom stereocenters. The summed E-state index contributed by atoms with van der Waals surface area (Å²) in [6.07, 6.45) is 6.19. The van der Waals surface area contributed by atoms with E-state index < -0.39 is 0 Å². The quantitative estimate of drug-likeness (QED) is 0.611. The molecule has 154 valence electrons. The van der Waals surface area contributed by atoms with Crippen molar-refractivity contribution >= 4 is 17.3 Å². The third-order valence-electron chi connectivity index (χ3n) is 5.39. The molecule has 0 atom stereocenters. The van der Waals surface area contributed by atoms with Crippen molar-refractivity contribution in [3.63, 3.8) is 0 Å². The van der Waals surface area contributed by atoms with Gasteiger partial charge >= 0.3 is 0 Å². The number of anilines is 2. The molecule has 5 nitrogen and oxygen atoms in total. The van der Waals surface area contributed by atoms with Crippen LogP contribution in [0.2, 0.25) is 0 Å². The first-order valence-corrected chi connectivity index (χ1v) is 10.5. The van der Waals surface area contributed by atoms with E-state index in [-0.39, 0.29) is 12.0 Å². The summed E-state index contributed by atoms with van der Waals surface area (Å²) in [7, 11) is 0. The minimum Gasteiger partial charge on any atom is -0.490 e. The molecular weight excluding hydrogens is 374 g/mol. The lowest BCUT2D eigenvalue weighted by Crippen LogP contribution is -2.41. The van der Waals surface area contributed by atoms with Gasteiger partial charge < -0.3 is 15.0 Å². The number of nitrogens with one attached hydrogen (secondary N) is 1. The predicted molar refractivity (Wildman–Crippen MR) is 120 cm³/mol. The number of ether oxygens (including phenoxy) is 1. The summed E-state index contributed by atoms with van der Waals surface area (Å²) in [4.78, 5) is 18.1. The number of benzene rings is 2. The van der Waals surface area contributed by atoms with Gasteiger partial charge in [-0.05, 0) is 35.9 Å². The molecule has 4 rings (SSSR count). The van der Waals surface area contributed by atoms with Crippen LogP contribution in [0.3, 0.4) is 0 Å². The average molecular weight is 402 g/mol. The number of para-hydroxylation sites is 1. The van der Waals surface area contributed by atoms with Crippen LogP contribution in [0, 0.1) is 0 Å². The number of piperidine rings is 1. The fraction of sp³-hybridized carbons (Fsp3) is 0.280. The Morgan fingerprint density at radius 3 is 2.43 bits per heavy atom. The number of carbonyl (C=O) groups excluding carboxylic acids is 1. The molecule has 0 spiro atoms. The van der Waals surface area contributed by atoms with Gasteiger partial charge in [0.1, 0.15) is 11.9 Å². The van der Waals surface area contributed by atoms with E-state index >= 15 is 0 Å². The minimum absolute atomic E-state index is 0.164. The van der Waals surface area contributed by atoms with Crippen LogP contribution in [0.25, 0.3) is 11.1 Å². The normalized spacial score (nSPS) is 14.4. The second-order valence-electron chi connectivity index (χ2n) is 7.53. The van der Waals surface area contributed by atoms with E-state index in [0.717, 1.165) is 54.2 Å². The number of nitrogens with zero attached hydrogens (tertiary/aromatic N) is 2. The molecular formula is C25H27N3O2. The van der Waals surface area contributed by atoms with Crippen LogP contribution in [-0.2, 0) is 4.79 Å². The Morgan fingerprint density at radius 2 is 1.73 bits per heavy atom. The number of pyridine rings is 1. The third kappa shape index (κ3) is 4.98. The van der Waals surface area contributed by atoms with Crippen LogP contribution in [-0.4, -0.2) is 35.0 Å². The maximum Gasteiger partial charge on any atom is 0.222 e. The van der Waals surface area contributed by atoms with Crippen LogP contribution in [0.15, 0.2) is 73.1 Å². The maximum atomic E-state index is 11.8. The van der Waals surface area contributed by atoms with Crippen molar-refractivity contribution in [1.29, 1.82) is 0 Å². The van der Waals surface area contributed by atoms with E-state index in [0.29, 0.717) is 6.42 Å². The predicted octanol–water partition coefficient (Wildman–Crippen LogP) is 5.27. The molecule has 2 heterocycles. The Morgan fingerprint density at radius 1 is 1.00 bits per heavy atom. The zero-order valence-corrected chi connectivity index (χ0v) is 17.3. The summed E-state index contributed by atoms with van der Waals surface area (Å²) in [6, 6.07) is 20.3. The Kier molecular flexibility index (Phi) is 6.28. The summed E-state index contributed by atoms with van der Waals surface area (Å²) in [5.41, 5.74) is 4.13. The standard InChI is InChI=1S/C25H27N3O2/c1-2-25(29)28-14-12-24(13-15-28)30-23-10-8-19(9-11-23)20-16-22(18-26-17-20)27-21-6-4-3-5-7-21/h3-11,16-18,24,27H,2,12-15H2,1H3. The highest BCUT2D eigenvalue weighted by atomic mass is 16.5. The first-order chi connectivity index (χ1) is 14.7. The summed E-state index contributed by atoms with van der Waals surface area (Å²) >= 11 is 0. The summed E-state index contributed by atoms with van der Waals surface area (Å²) in [5.74, 6) is 1.10. The van der Waals surface area contributed by atoms with Crippen LogP contribution in [0.5, 0.6) is 5.75 Å². The highest BCUT2D eigenvalue weighted by Gasteiger charge is 2.22. The van der Waals surface area contributed by atoms with Crippen molar-refractivity contribution in [3.05, 3.63) is 73.1 Å². The van der Waals surface area contributed by atoms with Gasteiger partial charge in [0.05, 0.1) is 11.9 Å². The van der Waals surface area contributed by atoms with Gasteiger partial charge in [0.25, 0.3) is 0 Å². The van der Waals surface area contributed by atoms with Gasteiger partial charge in [0, 0.05) is 49.8 Å². The molecule has 30 heavy (non-hydrogen) atoms. The SMILES string of the molecule is CCC(=O)N1CCC(Oc2ccc(-c3cncc(Nc4ccccc4)c3)cc2)CC1. The van der Waals surface area contributed by atoms with E-state index in [1.54, 1.807) is 0 Å². The van der Waals surface area contributed by atoms with Gasteiger partial charge in [-0.25, -0.2) is 0 Å². The van der Waals surface area contributed by atoms with Gasteiger partial charge in [-0.1, -0.05) is 37.3 Å². The molecule has 2 aromatic carbocycles. The summed E-state index contributed by atoms with van der Waals surface area (Å²) < 4.78 is 6.14. The third-order valence-corrected chi connectivity index (χ3v) is 5.39. The van der Waals surface area contributed by atoms with Crippen LogP contribution >= 0.6 is 0 Å². The van der Waals surface area contributed by atoms with E-state index in [1.165, 1.54) is 0 Å². The van der Waals surface area contributed by atoms with Gasteiger partial charge in [-0.15, -0.1) is 0 Å². The van der Waals surface area contributed by atoms with Crippen molar-refractivity contribution in [2.75, 3.05) is 18.4 Å². The Labute approximate surface area is 177 Å². The van der Waals surface area contributed by atoms with Crippen LogP contribution in [0.4, 0.5) is 11.4 Å². The van der Waals surface area contributed by atoms with Gasteiger partial charge in [0.15, 0.2) is 0 Å². The highest BCUT2D eigenvalue weighted by Crippen LogP contribution is 2.27. The molecule has 0 radical (unpaired) electrons. The van der Waals surface area contributed by atoms with Gasteiger partial charge in [-0.3, -0.25) is 9.78 Å². The monoisotopic (exact) mass is 401 g/mol. The largest absolute Gasteiger partial charge is 0.490 e. The average Bonchev–Trinajstić information content (AvgIpc) is 2.80. The molecule has 1 amide bonds. The summed E-state index contributed by atoms with van der Waals surface area (Å²) in [5, 5.41) is 3.38. The van der Waals surface area contributed by atoms with E-state index in [9.17, 15) is 4.79 Å². The molecule has 1 aliphatic rings. The van der Waals surface area contributed by atoms with Crippen LogP contribution < -0.4 is 10.1 Å². The zero-order chi connectivity index (χ0) is 20.8. The molecule has 1 fully saturated rings. The maximum absolute atomic E-state index is 11.8. The lowest BCUT2D eigenvalue weighted by atomic mass is 10.1. The van der Waals surface area contributed by atoms with Crippen LogP contribution in [0.1, 0.15) is 26.2 Å². The number of hydrogen-bond donors (Lipinski definition) is 1. The molecule has 0 aliphatic carbocycles. The summed E-state index contributed by atoms with van der Waals surface area (Å²) in [6.45, 7) is 3.47. The lowest BCUT2D eigenvalue weighted by Gasteiger charge is -2.32. The number of carbonyl (C=O) groups is 1. The number of aromatic nitrogens is 1. The molecule has 1 aromatic heterocycles. The van der Waals surface area contributed by atoms with Crippen molar-refractivity contribution in [2.45, 2.75) is 32.3 Å². The topological polar surface area (TPSA) is 54.5 Å². The number of amides is 1. The Bertz CT molecular complexity index is 965. The first-order valence-electron chi connectivity index (χ1n) is 10.5. The Balaban J connectivity index is 1.37. The van der Waals surface area contributed by atoms with Gasteiger partial charge in [-0.2, -0.15) is 0 Å².